The average molecular weight is 300 g/mol. The van der Waals surface area contributed by atoms with Gasteiger partial charge >= 0.3 is 0 Å². The average Bonchev–Trinajstić information content (AvgIpc) is 3.08. The van der Waals surface area contributed by atoms with Crippen LogP contribution in [0.3, 0.4) is 0 Å². The Bertz CT molecular complexity index is 634. The standard InChI is InChI=1S/C16H20N4O2/c1-11-7-14(19-20(11)2)16(21)18-15-10-22-9-13(15)8-12-3-5-17-6-4-12/h3-7,13,15H,8-10H2,1-2H3,(H,18,21). The third-order valence-corrected chi connectivity index (χ3v) is 4.11. The second-order valence-corrected chi connectivity index (χ2v) is 5.73. The predicted octanol–water partition coefficient (Wildman–Crippen LogP) is 1.11. The molecule has 2 aromatic heterocycles. The van der Waals surface area contributed by atoms with Crippen molar-refractivity contribution in [3.8, 4) is 0 Å². The normalized spacial score (nSPS) is 21.0. The molecule has 1 aliphatic heterocycles. The molecule has 0 aromatic carbocycles. The molecule has 1 N–H and O–H groups in total. The summed E-state index contributed by atoms with van der Waals surface area (Å²) in [6.07, 6.45) is 4.44. The number of carbonyl (C=O) groups is 1. The first-order chi connectivity index (χ1) is 10.6. The number of pyridine rings is 1. The van der Waals surface area contributed by atoms with Gasteiger partial charge in [0.2, 0.25) is 0 Å². The third-order valence-electron chi connectivity index (χ3n) is 4.11. The highest BCUT2D eigenvalue weighted by molar-refractivity contribution is 5.92. The zero-order valence-corrected chi connectivity index (χ0v) is 12.8. The maximum absolute atomic E-state index is 12.3. The first kappa shape index (κ1) is 14.7. The van der Waals surface area contributed by atoms with Crippen molar-refractivity contribution in [2.75, 3.05) is 13.2 Å². The first-order valence-electron chi connectivity index (χ1n) is 7.41. The number of amides is 1. The SMILES string of the molecule is Cc1cc(C(=O)NC2COCC2Cc2ccncc2)nn1C. The van der Waals surface area contributed by atoms with Crippen molar-refractivity contribution < 1.29 is 9.53 Å². The fraction of sp³-hybridized carbons (Fsp3) is 0.438. The number of ether oxygens (including phenoxy) is 1. The molecule has 1 aliphatic rings. The van der Waals surface area contributed by atoms with Crippen LogP contribution in [0.25, 0.3) is 0 Å². The second kappa shape index (κ2) is 6.27. The molecule has 6 nitrogen and oxygen atoms in total. The molecule has 1 saturated heterocycles. The van der Waals surface area contributed by atoms with Gasteiger partial charge in [0.1, 0.15) is 5.69 Å². The van der Waals surface area contributed by atoms with Crippen LogP contribution in [0.15, 0.2) is 30.6 Å². The second-order valence-electron chi connectivity index (χ2n) is 5.73. The van der Waals surface area contributed by atoms with E-state index in [0.29, 0.717) is 18.9 Å². The fourth-order valence-corrected chi connectivity index (χ4v) is 2.69. The van der Waals surface area contributed by atoms with Gasteiger partial charge in [-0.25, -0.2) is 0 Å². The van der Waals surface area contributed by atoms with Gasteiger partial charge in [0.25, 0.3) is 5.91 Å². The molecule has 0 saturated carbocycles. The molecule has 6 heteroatoms. The Labute approximate surface area is 129 Å². The Kier molecular flexibility index (Phi) is 4.20. The van der Waals surface area contributed by atoms with Crippen molar-refractivity contribution in [3.63, 3.8) is 0 Å². The van der Waals surface area contributed by atoms with Crippen LogP contribution in [0, 0.1) is 12.8 Å². The zero-order chi connectivity index (χ0) is 15.5. The van der Waals surface area contributed by atoms with E-state index in [1.165, 1.54) is 5.56 Å². The number of nitrogens with zero attached hydrogens (tertiary/aromatic N) is 3. The predicted molar refractivity (Wildman–Crippen MR) is 81.4 cm³/mol. The van der Waals surface area contributed by atoms with Crippen molar-refractivity contribution in [1.29, 1.82) is 0 Å². The van der Waals surface area contributed by atoms with Crippen molar-refractivity contribution in [2.24, 2.45) is 13.0 Å². The number of nitrogens with one attached hydrogen (secondary N) is 1. The van der Waals surface area contributed by atoms with E-state index >= 15 is 0 Å². The van der Waals surface area contributed by atoms with Gasteiger partial charge in [-0.1, -0.05) is 0 Å². The van der Waals surface area contributed by atoms with E-state index in [9.17, 15) is 4.79 Å². The third kappa shape index (κ3) is 3.17. The van der Waals surface area contributed by atoms with E-state index in [1.807, 2.05) is 26.1 Å². The minimum absolute atomic E-state index is 0.0166. The summed E-state index contributed by atoms with van der Waals surface area (Å²) >= 11 is 0. The van der Waals surface area contributed by atoms with Crippen molar-refractivity contribution in [3.05, 3.63) is 47.5 Å². The lowest BCUT2D eigenvalue weighted by Crippen LogP contribution is -2.40. The fourth-order valence-electron chi connectivity index (χ4n) is 2.69. The summed E-state index contributed by atoms with van der Waals surface area (Å²) in [7, 11) is 1.83. The number of carbonyl (C=O) groups excluding carboxylic acids is 1. The molecule has 2 unspecified atom stereocenters. The quantitative estimate of drug-likeness (QED) is 0.918. The Hall–Kier alpha value is -2.21. The molecule has 0 spiro atoms. The number of rotatable bonds is 4. The van der Waals surface area contributed by atoms with Gasteiger partial charge in [-0.2, -0.15) is 5.10 Å². The monoisotopic (exact) mass is 300 g/mol. The molecule has 0 aliphatic carbocycles. The van der Waals surface area contributed by atoms with Gasteiger partial charge in [0.15, 0.2) is 0 Å². The molecule has 0 bridgehead atoms. The van der Waals surface area contributed by atoms with Gasteiger partial charge in [0.05, 0.1) is 19.3 Å². The molecular formula is C16H20N4O2. The zero-order valence-electron chi connectivity index (χ0n) is 12.8. The summed E-state index contributed by atoms with van der Waals surface area (Å²) in [6.45, 7) is 3.14. The Morgan fingerprint density at radius 2 is 2.18 bits per heavy atom. The Balaban J connectivity index is 1.64. The number of hydrogen-bond acceptors (Lipinski definition) is 4. The van der Waals surface area contributed by atoms with Crippen LogP contribution in [-0.4, -0.2) is 39.9 Å². The van der Waals surface area contributed by atoms with Gasteiger partial charge in [-0.3, -0.25) is 14.5 Å². The van der Waals surface area contributed by atoms with Crippen molar-refractivity contribution in [2.45, 2.75) is 19.4 Å². The Morgan fingerprint density at radius 3 is 2.86 bits per heavy atom. The minimum atomic E-state index is -0.140. The molecule has 22 heavy (non-hydrogen) atoms. The van der Waals surface area contributed by atoms with Crippen molar-refractivity contribution >= 4 is 5.91 Å². The van der Waals surface area contributed by atoms with Crippen LogP contribution in [0.5, 0.6) is 0 Å². The smallest absolute Gasteiger partial charge is 0.272 e. The summed E-state index contributed by atoms with van der Waals surface area (Å²) < 4.78 is 7.25. The maximum Gasteiger partial charge on any atom is 0.272 e. The highest BCUT2D eigenvalue weighted by atomic mass is 16.5. The summed E-state index contributed by atoms with van der Waals surface area (Å²) in [4.78, 5) is 16.3. The van der Waals surface area contributed by atoms with E-state index in [2.05, 4.69) is 15.4 Å². The molecule has 2 aromatic rings. The molecule has 1 amide bonds. The van der Waals surface area contributed by atoms with E-state index in [0.717, 1.165) is 12.1 Å². The van der Waals surface area contributed by atoms with E-state index < -0.39 is 0 Å². The number of aryl methyl sites for hydroxylation is 2. The maximum atomic E-state index is 12.3. The molecule has 3 rings (SSSR count). The molecule has 2 atom stereocenters. The Morgan fingerprint density at radius 1 is 1.41 bits per heavy atom. The van der Waals surface area contributed by atoms with Crippen LogP contribution in [0.1, 0.15) is 21.7 Å². The molecule has 0 radical (unpaired) electrons. The van der Waals surface area contributed by atoms with Gasteiger partial charge < -0.3 is 10.1 Å². The summed E-state index contributed by atoms with van der Waals surface area (Å²) in [5.41, 5.74) is 2.62. The first-order valence-corrected chi connectivity index (χ1v) is 7.41. The van der Waals surface area contributed by atoms with E-state index in [1.54, 1.807) is 23.1 Å². The van der Waals surface area contributed by atoms with E-state index in [4.69, 9.17) is 4.74 Å². The molecule has 116 valence electrons. The van der Waals surface area contributed by atoms with Gasteiger partial charge in [0, 0.05) is 31.1 Å². The lowest BCUT2D eigenvalue weighted by molar-refractivity contribution is 0.0919. The van der Waals surface area contributed by atoms with E-state index in [-0.39, 0.29) is 17.9 Å². The van der Waals surface area contributed by atoms with Gasteiger partial charge in [-0.15, -0.1) is 0 Å². The molecule has 1 fully saturated rings. The van der Waals surface area contributed by atoms with Crippen LogP contribution < -0.4 is 5.32 Å². The summed E-state index contributed by atoms with van der Waals surface area (Å²) in [5, 5.41) is 7.27. The highest BCUT2D eigenvalue weighted by Crippen LogP contribution is 2.19. The van der Waals surface area contributed by atoms with Crippen LogP contribution in [-0.2, 0) is 18.2 Å². The lowest BCUT2D eigenvalue weighted by Gasteiger charge is -2.18. The summed E-state index contributed by atoms with van der Waals surface area (Å²) in [6, 6.07) is 5.81. The van der Waals surface area contributed by atoms with Crippen LogP contribution in [0.2, 0.25) is 0 Å². The van der Waals surface area contributed by atoms with Crippen molar-refractivity contribution in [1.82, 2.24) is 20.1 Å². The van der Waals surface area contributed by atoms with Crippen LogP contribution in [0.4, 0.5) is 0 Å². The topological polar surface area (TPSA) is 69.0 Å². The largest absolute Gasteiger partial charge is 0.379 e. The molecular weight excluding hydrogens is 280 g/mol. The highest BCUT2D eigenvalue weighted by Gasteiger charge is 2.30. The van der Waals surface area contributed by atoms with Crippen LogP contribution >= 0.6 is 0 Å². The van der Waals surface area contributed by atoms with Gasteiger partial charge in [-0.05, 0) is 37.1 Å². The minimum Gasteiger partial charge on any atom is -0.379 e. The summed E-state index contributed by atoms with van der Waals surface area (Å²) in [5.74, 6) is 0.134. The number of aromatic nitrogens is 3. The lowest BCUT2D eigenvalue weighted by atomic mass is 9.95. The number of hydrogen-bond donors (Lipinski definition) is 1. The molecule has 3 heterocycles.